The molecule has 0 saturated carbocycles. The highest BCUT2D eigenvalue weighted by Crippen LogP contribution is 2.24. The van der Waals surface area contributed by atoms with E-state index in [0.717, 1.165) is 37.3 Å². The lowest BCUT2D eigenvalue weighted by Gasteiger charge is -2.37. The topological polar surface area (TPSA) is 55.9 Å². The van der Waals surface area contributed by atoms with E-state index in [0.29, 0.717) is 26.2 Å². The zero-order valence-electron chi connectivity index (χ0n) is 15.0. The van der Waals surface area contributed by atoms with Crippen LogP contribution in [-0.4, -0.2) is 72.5 Å². The first-order valence-corrected chi connectivity index (χ1v) is 8.84. The van der Waals surface area contributed by atoms with Crippen LogP contribution < -0.4 is 5.32 Å². The van der Waals surface area contributed by atoms with Gasteiger partial charge in [-0.15, -0.1) is 12.4 Å². The SMILES string of the molecule is CCN(CC)C(=O)N1CCN(C(=O)c2ccc3c(c2)CCN3)CC1.Cl. The molecule has 25 heavy (non-hydrogen) atoms. The quantitative estimate of drug-likeness (QED) is 0.893. The predicted octanol–water partition coefficient (Wildman–Crippen LogP) is 2.30. The standard InChI is InChI=1S/C18H26N4O2.ClH/c1-3-20(4-2)18(24)22-11-9-21(10-12-22)17(23)15-5-6-16-14(13-15)7-8-19-16;/h5-6,13,19H,3-4,7-12H2,1-2H3;1H. The molecule has 0 unspecified atom stereocenters. The number of piperazine rings is 1. The summed E-state index contributed by atoms with van der Waals surface area (Å²) in [5.74, 6) is 0.0691. The van der Waals surface area contributed by atoms with Crippen molar-refractivity contribution in [2.45, 2.75) is 20.3 Å². The largest absolute Gasteiger partial charge is 0.384 e. The molecular weight excluding hydrogens is 340 g/mol. The maximum Gasteiger partial charge on any atom is 0.320 e. The van der Waals surface area contributed by atoms with Gasteiger partial charge in [-0.1, -0.05) is 0 Å². The molecule has 6 nitrogen and oxygen atoms in total. The van der Waals surface area contributed by atoms with Crippen molar-refractivity contribution in [3.05, 3.63) is 29.3 Å². The average molecular weight is 367 g/mol. The Hall–Kier alpha value is -1.95. The summed E-state index contributed by atoms with van der Waals surface area (Å²) in [6.07, 6.45) is 0.975. The predicted molar refractivity (Wildman–Crippen MR) is 102 cm³/mol. The van der Waals surface area contributed by atoms with Crippen molar-refractivity contribution < 1.29 is 9.59 Å². The summed E-state index contributed by atoms with van der Waals surface area (Å²) >= 11 is 0. The molecule has 0 spiro atoms. The highest BCUT2D eigenvalue weighted by Gasteiger charge is 2.27. The van der Waals surface area contributed by atoms with Gasteiger partial charge in [0.2, 0.25) is 0 Å². The van der Waals surface area contributed by atoms with Gasteiger partial charge >= 0.3 is 6.03 Å². The van der Waals surface area contributed by atoms with Gasteiger partial charge < -0.3 is 20.0 Å². The zero-order chi connectivity index (χ0) is 17.1. The first kappa shape index (κ1) is 19.4. The van der Waals surface area contributed by atoms with Crippen molar-refractivity contribution in [2.75, 3.05) is 51.1 Å². The number of nitrogens with zero attached hydrogens (tertiary/aromatic N) is 3. The van der Waals surface area contributed by atoms with E-state index in [1.807, 2.05) is 46.7 Å². The van der Waals surface area contributed by atoms with E-state index < -0.39 is 0 Å². The molecule has 1 fully saturated rings. The van der Waals surface area contributed by atoms with Crippen LogP contribution in [0.15, 0.2) is 18.2 Å². The normalized spacial score (nSPS) is 15.9. The Bertz CT molecular complexity index is 626. The Morgan fingerprint density at radius 1 is 1.08 bits per heavy atom. The molecule has 0 aromatic heterocycles. The summed E-state index contributed by atoms with van der Waals surface area (Å²) in [7, 11) is 0. The van der Waals surface area contributed by atoms with Crippen molar-refractivity contribution in [2.24, 2.45) is 0 Å². The molecular formula is C18H27ClN4O2. The number of carbonyl (C=O) groups is 2. The maximum absolute atomic E-state index is 12.7. The number of carbonyl (C=O) groups excluding carboxylic acids is 2. The van der Waals surface area contributed by atoms with Gasteiger partial charge in [-0.2, -0.15) is 0 Å². The lowest BCUT2D eigenvalue weighted by atomic mass is 10.1. The Labute approximate surface area is 155 Å². The lowest BCUT2D eigenvalue weighted by molar-refractivity contribution is 0.0641. The van der Waals surface area contributed by atoms with Crippen molar-refractivity contribution in [3.63, 3.8) is 0 Å². The number of rotatable bonds is 3. The van der Waals surface area contributed by atoms with Gasteiger partial charge in [0.1, 0.15) is 0 Å². The van der Waals surface area contributed by atoms with E-state index in [-0.39, 0.29) is 24.3 Å². The van der Waals surface area contributed by atoms with Crippen LogP contribution in [0.25, 0.3) is 0 Å². The molecule has 1 aromatic rings. The number of amides is 3. The number of halogens is 1. The Morgan fingerprint density at radius 2 is 1.72 bits per heavy atom. The third-order valence-electron chi connectivity index (χ3n) is 4.93. The maximum atomic E-state index is 12.7. The van der Waals surface area contributed by atoms with Gasteiger partial charge in [0.25, 0.3) is 5.91 Å². The molecule has 0 aliphatic carbocycles. The molecule has 1 saturated heterocycles. The van der Waals surface area contributed by atoms with Crippen molar-refractivity contribution >= 4 is 30.0 Å². The summed E-state index contributed by atoms with van der Waals surface area (Å²) in [4.78, 5) is 30.6. The van der Waals surface area contributed by atoms with Gasteiger partial charge in [-0.25, -0.2) is 4.79 Å². The van der Waals surface area contributed by atoms with E-state index in [2.05, 4.69) is 5.32 Å². The minimum absolute atomic E-state index is 0. The molecule has 0 bridgehead atoms. The molecule has 1 N–H and O–H groups in total. The van der Waals surface area contributed by atoms with Crippen LogP contribution in [0.5, 0.6) is 0 Å². The molecule has 2 heterocycles. The fourth-order valence-corrected chi connectivity index (χ4v) is 3.42. The molecule has 7 heteroatoms. The molecule has 2 aliphatic heterocycles. The van der Waals surface area contributed by atoms with E-state index in [1.54, 1.807) is 0 Å². The summed E-state index contributed by atoms with van der Waals surface area (Å²) in [5.41, 5.74) is 3.11. The fraction of sp³-hybridized carbons (Fsp3) is 0.556. The molecule has 1 aromatic carbocycles. The van der Waals surface area contributed by atoms with Gasteiger partial charge in [-0.3, -0.25) is 4.79 Å². The first-order valence-electron chi connectivity index (χ1n) is 8.84. The summed E-state index contributed by atoms with van der Waals surface area (Å²) in [6.45, 7) is 8.77. The third kappa shape index (κ3) is 4.00. The number of hydrogen-bond acceptors (Lipinski definition) is 3. The molecule has 138 valence electrons. The Kier molecular flexibility index (Phi) is 6.53. The first-order chi connectivity index (χ1) is 11.6. The zero-order valence-corrected chi connectivity index (χ0v) is 15.8. The van der Waals surface area contributed by atoms with E-state index >= 15 is 0 Å². The van der Waals surface area contributed by atoms with Gasteiger partial charge in [0, 0.05) is 57.1 Å². The van der Waals surface area contributed by atoms with E-state index in [1.165, 1.54) is 5.56 Å². The second-order valence-corrected chi connectivity index (χ2v) is 6.28. The molecule has 0 atom stereocenters. The highest BCUT2D eigenvalue weighted by molar-refractivity contribution is 5.95. The monoisotopic (exact) mass is 366 g/mol. The van der Waals surface area contributed by atoms with Gasteiger partial charge in [0.05, 0.1) is 0 Å². The summed E-state index contributed by atoms with van der Waals surface area (Å²) in [6, 6.07) is 5.98. The lowest BCUT2D eigenvalue weighted by Crippen LogP contribution is -2.54. The second-order valence-electron chi connectivity index (χ2n) is 6.28. The van der Waals surface area contributed by atoms with E-state index in [9.17, 15) is 9.59 Å². The number of anilines is 1. The number of benzene rings is 1. The van der Waals surface area contributed by atoms with Crippen LogP contribution in [0, 0.1) is 0 Å². The molecule has 2 aliphatic rings. The van der Waals surface area contributed by atoms with Crippen LogP contribution in [0.1, 0.15) is 29.8 Å². The van der Waals surface area contributed by atoms with Gasteiger partial charge in [-0.05, 0) is 44.0 Å². The Morgan fingerprint density at radius 3 is 2.36 bits per heavy atom. The highest BCUT2D eigenvalue weighted by atomic mass is 35.5. The smallest absolute Gasteiger partial charge is 0.320 e. The summed E-state index contributed by atoms with van der Waals surface area (Å²) in [5, 5.41) is 3.31. The summed E-state index contributed by atoms with van der Waals surface area (Å²) < 4.78 is 0. The minimum atomic E-state index is 0. The van der Waals surface area contributed by atoms with Crippen LogP contribution >= 0.6 is 12.4 Å². The van der Waals surface area contributed by atoms with Crippen molar-refractivity contribution in [1.29, 1.82) is 0 Å². The number of nitrogens with one attached hydrogen (secondary N) is 1. The number of urea groups is 1. The number of hydrogen-bond donors (Lipinski definition) is 1. The van der Waals surface area contributed by atoms with Crippen LogP contribution in [0.3, 0.4) is 0 Å². The minimum Gasteiger partial charge on any atom is -0.384 e. The fourth-order valence-electron chi connectivity index (χ4n) is 3.42. The van der Waals surface area contributed by atoms with Crippen LogP contribution in [0.4, 0.5) is 10.5 Å². The van der Waals surface area contributed by atoms with Crippen LogP contribution in [0.2, 0.25) is 0 Å². The van der Waals surface area contributed by atoms with Crippen molar-refractivity contribution in [1.82, 2.24) is 14.7 Å². The molecule has 0 radical (unpaired) electrons. The average Bonchev–Trinajstić information content (AvgIpc) is 3.10. The third-order valence-corrected chi connectivity index (χ3v) is 4.93. The van der Waals surface area contributed by atoms with Gasteiger partial charge in [0.15, 0.2) is 0 Å². The molecule has 3 rings (SSSR count). The van der Waals surface area contributed by atoms with E-state index in [4.69, 9.17) is 0 Å². The number of fused-ring (bicyclic) bond motifs is 1. The van der Waals surface area contributed by atoms with Crippen LogP contribution in [-0.2, 0) is 6.42 Å². The Balaban J connectivity index is 0.00000225. The second kappa shape index (κ2) is 8.43. The molecule has 3 amide bonds. The van der Waals surface area contributed by atoms with Crippen molar-refractivity contribution in [3.8, 4) is 0 Å².